The molecule has 6 nitrogen and oxygen atoms in total. The van der Waals surface area contributed by atoms with Crippen LogP contribution in [0.15, 0.2) is 16.6 Å². The summed E-state index contributed by atoms with van der Waals surface area (Å²) in [6.07, 6.45) is 2.69. The Morgan fingerprint density at radius 1 is 1.32 bits per heavy atom. The molecule has 0 amide bonds. The van der Waals surface area contributed by atoms with Crippen LogP contribution in [0.2, 0.25) is 0 Å². The molecule has 1 aliphatic carbocycles. The minimum Gasteiger partial charge on any atom is -0.386 e. The van der Waals surface area contributed by atoms with Gasteiger partial charge >= 0.3 is 0 Å². The lowest BCUT2D eigenvalue weighted by Crippen LogP contribution is -2.56. The average molecular weight is 258 g/mol. The highest BCUT2D eigenvalue weighted by Crippen LogP contribution is 2.62. The van der Waals surface area contributed by atoms with E-state index in [4.69, 9.17) is 15.2 Å². The minimum atomic E-state index is -1.42. The highest BCUT2D eigenvalue weighted by molar-refractivity contribution is 5.94. The lowest BCUT2D eigenvalue weighted by atomic mass is 9.57. The predicted molar refractivity (Wildman–Crippen MR) is 65.3 cm³/mol. The summed E-state index contributed by atoms with van der Waals surface area (Å²) in [5.41, 5.74) is 4.67. The molecule has 1 spiro atoms. The molecule has 0 bridgehead atoms. The Morgan fingerprint density at radius 2 is 2.00 bits per heavy atom. The van der Waals surface area contributed by atoms with Crippen LogP contribution in [0.5, 0.6) is 0 Å². The van der Waals surface area contributed by atoms with Crippen molar-refractivity contribution in [2.45, 2.75) is 25.7 Å². The molecule has 19 heavy (non-hydrogen) atoms. The molecule has 1 saturated heterocycles. The van der Waals surface area contributed by atoms with Crippen LogP contribution >= 0.6 is 0 Å². The van der Waals surface area contributed by atoms with Crippen molar-refractivity contribution in [3.63, 3.8) is 0 Å². The Hall–Kier alpha value is -1.89. The van der Waals surface area contributed by atoms with Crippen molar-refractivity contribution < 1.29 is 9.47 Å². The molecular formula is C13H14N4O2. The molecule has 0 saturated carbocycles. The predicted octanol–water partition coefficient (Wildman–Crippen LogP) is 0.818. The lowest BCUT2D eigenvalue weighted by Gasteiger charge is -2.43. The number of ether oxygens (including phenoxy) is 2. The van der Waals surface area contributed by atoms with E-state index in [2.05, 4.69) is 17.1 Å². The zero-order chi connectivity index (χ0) is 13.7. The maximum absolute atomic E-state index is 9.76. The van der Waals surface area contributed by atoms with E-state index in [-0.39, 0.29) is 5.84 Å². The monoisotopic (exact) mass is 258 g/mol. The Morgan fingerprint density at radius 3 is 2.58 bits per heavy atom. The van der Waals surface area contributed by atoms with E-state index < -0.39 is 16.7 Å². The number of nitrogens with two attached hydrogens (primary N) is 1. The number of hydrogen-bond acceptors (Lipinski definition) is 6. The molecule has 2 aliphatic heterocycles. The fourth-order valence-corrected chi connectivity index (χ4v) is 3.32. The third kappa shape index (κ3) is 1.14. The SMILES string of the molecule is CC1=CC[C@@]2(C#N)C3(N=C(N)[C@@]2(C#N)C1)OCCO3. The molecule has 0 radical (unpaired) electrons. The largest absolute Gasteiger partial charge is 0.386 e. The summed E-state index contributed by atoms with van der Waals surface area (Å²) >= 11 is 0. The fourth-order valence-electron chi connectivity index (χ4n) is 3.32. The fraction of sp³-hybridized carbons (Fsp3) is 0.615. The van der Waals surface area contributed by atoms with Gasteiger partial charge in [0.1, 0.15) is 11.3 Å². The first-order valence-corrected chi connectivity index (χ1v) is 6.18. The molecule has 3 rings (SSSR count). The van der Waals surface area contributed by atoms with Crippen molar-refractivity contribution in [1.82, 2.24) is 0 Å². The minimum absolute atomic E-state index is 0.144. The van der Waals surface area contributed by atoms with Crippen molar-refractivity contribution in [2.24, 2.45) is 21.6 Å². The lowest BCUT2D eigenvalue weighted by molar-refractivity contribution is -0.220. The van der Waals surface area contributed by atoms with Gasteiger partial charge in [-0.05, 0) is 19.8 Å². The maximum Gasteiger partial charge on any atom is 0.293 e. The summed E-state index contributed by atoms with van der Waals surface area (Å²) in [6, 6.07) is 4.47. The van der Waals surface area contributed by atoms with Gasteiger partial charge in [-0.1, -0.05) is 11.6 Å². The summed E-state index contributed by atoms with van der Waals surface area (Å²) in [7, 11) is 0. The van der Waals surface area contributed by atoms with E-state index in [0.29, 0.717) is 26.1 Å². The first kappa shape index (κ1) is 12.2. The van der Waals surface area contributed by atoms with Gasteiger partial charge in [0.25, 0.3) is 5.91 Å². The normalized spacial score (nSPS) is 39.1. The summed E-state index contributed by atoms with van der Waals surface area (Å²) in [5.74, 6) is -1.27. The summed E-state index contributed by atoms with van der Waals surface area (Å²) in [5, 5.41) is 19.4. The molecule has 3 aliphatic rings. The van der Waals surface area contributed by atoms with Crippen molar-refractivity contribution in [3.05, 3.63) is 11.6 Å². The molecule has 0 aromatic rings. The van der Waals surface area contributed by atoms with Crippen LogP contribution in [-0.4, -0.2) is 25.0 Å². The van der Waals surface area contributed by atoms with Crippen molar-refractivity contribution in [1.29, 1.82) is 10.5 Å². The molecule has 2 heterocycles. The maximum atomic E-state index is 9.76. The molecule has 0 aromatic carbocycles. The van der Waals surface area contributed by atoms with Gasteiger partial charge in [0, 0.05) is 0 Å². The van der Waals surface area contributed by atoms with Gasteiger partial charge < -0.3 is 15.2 Å². The molecule has 2 N–H and O–H groups in total. The number of aliphatic imine (C=N–C) groups is 1. The number of fused-ring (bicyclic) bond motifs is 2. The molecular weight excluding hydrogens is 244 g/mol. The van der Waals surface area contributed by atoms with Crippen LogP contribution in [0.3, 0.4) is 0 Å². The van der Waals surface area contributed by atoms with E-state index in [1.54, 1.807) is 0 Å². The Labute approximate surface area is 111 Å². The van der Waals surface area contributed by atoms with Crippen molar-refractivity contribution >= 4 is 5.84 Å². The number of rotatable bonds is 0. The second-order valence-corrected chi connectivity index (χ2v) is 5.24. The summed E-state index contributed by atoms with van der Waals surface area (Å²) < 4.78 is 11.2. The zero-order valence-corrected chi connectivity index (χ0v) is 10.6. The molecule has 1 fully saturated rings. The van der Waals surface area contributed by atoms with E-state index in [1.807, 2.05) is 13.0 Å². The van der Waals surface area contributed by atoms with Gasteiger partial charge in [-0.15, -0.1) is 0 Å². The van der Waals surface area contributed by atoms with Gasteiger partial charge in [0.05, 0.1) is 25.4 Å². The Bertz CT molecular complexity index is 576. The first-order valence-electron chi connectivity index (χ1n) is 6.18. The standard InChI is InChI=1S/C13H14N4O2/c1-9-2-3-12(8-15)11(6-9,7-14)10(16)17-13(12)18-4-5-19-13/h2H,3-6H2,1H3,(H2,16,17)/t11-,12-/m0/s1. The highest BCUT2D eigenvalue weighted by atomic mass is 16.8. The number of amidine groups is 1. The number of nitrogens with zero attached hydrogens (tertiary/aromatic N) is 3. The van der Waals surface area contributed by atoms with E-state index in [9.17, 15) is 10.5 Å². The third-order valence-electron chi connectivity index (χ3n) is 4.33. The third-order valence-corrected chi connectivity index (χ3v) is 4.33. The topological polar surface area (TPSA) is 104 Å². The van der Waals surface area contributed by atoms with Crippen LogP contribution in [0.4, 0.5) is 0 Å². The number of allylic oxidation sites excluding steroid dienone is 2. The Kier molecular flexibility index (Phi) is 2.28. The molecule has 0 aromatic heterocycles. The van der Waals surface area contributed by atoms with Gasteiger partial charge in [-0.25, -0.2) is 4.99 Å². The van der Waals surface area contributed by atoms with Crippen LogP contribution in [0.25, 0.3) is 0 Å². The van der Waals surface area contributed by atoms with E-state index in [1.165, 1.54) is 0 Å². The number of nitriles is 2. The smallest absolute Gasteiger partial charge is 0.293 e. The number of hydrogen-bond donors (Lipinski definition) is 1. The second-order valence-electron chi connectivity index (χ2n) is 5.24. The van der Waals surface area contributed by atoms with Crippen LogP contribution < -0.4 is 5.73 Å². The van der Waals surface area contributed by atoms with Crippen LogP contribution in [0, 0.1) is 33.5 Å². The summed E-state index contributed by atoms with van der Waals surface area (Å²) in [6.45, 7) is 2.63. The molecule has 6 heteroatoms. The summed E-state index contributed by atoms with van der Waals surface area (Å²) in [4.78, 5) is 4.26. The second kappa shape index (κ2) is 3.57. The van der Waals surface area contributed by atoms with E-state index in [0.717, 1.165) is 5.57 Å². The quantitative estimate of drug-likeness (QED) is 0.647. The molecule has 2 atom stereocenters. The average Bonchev–Trinajstić information content (AvgIpc) is 2.95. The van der Waals surface area contributed by atoms with Crippen molar-refractivity contribution in [3.8, 4) is 12.1 Å². The molecule has 0 unspecified atom stereocenters. The van der Waals surface area contributed by atoms with Crippen LogP contribution in [0.1, 0.15) is 19.8 Å². The van der Waals surface area contributed by atoms with Gasteiger partial charge in [-0.2, -0.15) is 10.5 Å². The van der Waals surface area contributed by atoms with E-state index >= 15 is 0 Å². The zero-order valence-electron chi connectivity index (χ0n) is 10.6. The van der Waals surface area contributed by atoms with Crippen LogP contribution in [-0.2, 0) is 9.47 Å². The highest BCUT2D eigenvalue weighted by Gasteiger charge is 2.74. The molecule has 98 valence electrons. The van der Waals surface area contributed by atoms with Gasteiger partial charge in [0.2, 0.25) is 0 Å². The first-order chi connectivity index (χ1) is 9.06. The van der Waals surface area contributed by atoms with Gasteiger partial charge in [-0.3, -0.25) is 0 Å². The Balaban J connectivity index is 2.26. The van der Waals surface area contributed by atoms with Crippen molar-refractivity contribution in [2.75, 3.05) is 13.2 Å². The van der Waals surface area contributed by atoms with Gasteiger partial charge in [0.15, 0.2) is 5.41 Å².